The molecule has 2 amide bonds. The molecule has 126 valence electrons. The van der Waals surface area contributed by atoms with E-state index in [0.29, 0.717) is 19.5 Å². The number of carbonyl (C=O) groups excluding carboxylic acids is 2. The fourth-order valence-corrected chi connectivity index (χ4v) is 3.20. The van der Waals surface area contributed by atoms with E-state index in [4.69, 9.17) is 0 Å². The molecule has 2 rings (SSSR count). The maximum Gasteiger partial charge on any atom is 0.316 e. The van der Waals surface area contributed by atoms with Crippen LogP contribution in [-0.4, -0.2) is 36.1 Å². The summed E-state index contributed by atoms with van der Waals surface area (Å²) in [7, 11) is 0. The molecule has 1 heterocycles. The minimum absolute atomic E-state index is 0.231. The zero-order chi connectivity index (χ0) is 17.2. The largest absolute Gasteiger partial charge is 0.393 e. The quantitative estimate of drug-likeness (QED) is 0.835. The van der Waals surface area contributed by atoms with Crippen molar-refractivity contribution in [2.45, 2.75) is 46.1 Å². The molecule has 0 saturated heterocycles. The predicted octanol–water partition coefficient (Wildman–Crippen LogP) is 2.05. The Hall–Kier alpha value is -1.88. The molecular weight excluding hydrogens is 292 g/mol. The number of nitrogens with zero attached hydrogens (tertiary/aromatic N) is 1. The van der Waals surface area contributed by atoms with Crippen molar-refractivity contribution in [3.63, 3.8) is 0 Å². The molecule has 1 aromatic rings. The van der Waals surface area contributed by atoms with Gasteiger partial charge in [0.05, 0.1) is 6.10 Å². The summed E-state index contributed by atoms with van der Waals surface area (Å²) >= 11 is 0. The lowest BCUT2D eigenvalue weighted by Crippen LogP contribution is -2.45. The number of rotatable bonds is 4. The van der Waals surface area contributed by atoms with E-state index in [2.05, 4.69) is 12.2 Å². The summed E-state index contributed by atoms with van der Waals surface area (Å²) in [6, 6.07) is 7.70. The van der Waals surface area contributed by atoms with Crippen molar-refractivity contribution in [3.05, 3.63) is 29.8 Å². The van der Waals surface area contributed by atoms with Crippen LogP contribution in [0, 0.1) is 5.41 Å². The number of amides is 2. The number of aliphatic hydroxyl groups is 1. The van der Waals surface area contributed by atoms with Gasteiger partial charge in [-0.2, -0.15) is 0 Å². The molecule has 5 heteroatoms. The highest BCUT2D eigenvalue weighted by atomic mass is 16.3. The summed E-state index contributed by atoms with van der Waals surface area (Å²) in [4.78, 5) is 26.2. The molecule has 0 spiro atoms. The van der Waals surface area contributed by atoms with Crippen LogP contribution in [0.1, 0.15) is 45.6 Å². The lowest BCUT2D eigenvalue weighted by Gasteiger charge is -2.26. The van der Waals surface area contributed by atoms with Crippen LogP contribution in [-0.2, 0) is 9.59 Å². The number of aliphatic hydroxyl groups excluding tert-OH is 1. The number of benzene rings is 1. The van der Waals surface area contributed by atoms with Crippen LogP contribution >= 0.6 is 0 Å². The first-order valence-corrected chi connectivity index (χ1v) is 8.08. The van der Waals surface area contributed by atoms with E-state index < -0.39 is 17.9 Å². The molecule has 5 nitrogen and oxygen atoms in total. The molecule has 1 aromatic carbocycles. The molecule has 0 fully saturated rings. The van der Waals surface area contributed by atoms with Gasteiger partial charge in [0, 0.05) is 24.7 Å². The van der Waals surface area contributed by atoms with E-state index in [9.17, 15) is 14.7 Å². The fourth-order valence-electron chi connectivity index (χ4n) is 3.20. The molecule has 0 saturated carbocycles. The Morgan fingerprint density at radius 1 is 1.39 bits per heavy atom. The Bertz CT molecular complexity index is 596. The van der Waals surface area contributed by atoms with E-state index in [0.717, 1.165) is 11.3 Å². The smallest absolute Gasteiger partial charge is 0.316 e. The lowest BCUT2D eigenvalue weighted by atomic mass is 9.87. The standard InChI is InChI=1S/C18H26N2O3/c1-12-10-20(15-8-6-5-7-14(12)15)17(23)16(22)19-11-18(3,4)9-13(2)21/h5-8,12-13,21H,9-11H2,1-4H3,(H,19,22). The zero-order valence-corrected chi connectivity index (χ0v) is 14.3. The number of anilines is 1. The van der Waals surface area contributed by atoms with E-state index in [1.165, 1.54) is 0 Å². The molecule has 0 aliphatic carbocycles. The van der Waals surface area contributed by atoms with Crippen LogP contribution in [0.15, 0.2) is 24.3 Å². The van der Waals surface area contributed by atoms with Crippen molar-refractivity contribution < 1.29 is 14.7 Å². The molecule has 23 heavy (non-hydrogen) atoms. The minimum atomic E-state index is -0.590. The highest BCUT2D eigenvalue weighted by Gasteiger charge is 2.33. The van der Waals surface area contributed by atoms with Crippen LogP contribution in [0.5, 0.6) is 0 Å². The predicted molar refractivity (Wildman–Crippen MR) is 90.3 cm³/mol. The summed E-state index contributed by atoms with van der Waals surface area (Å²) in [5.74, 6) is -0.878. The van der Waals surface area contributed by atoms with E-state index in [-0.39, 0.29) is 11.3 Å². The van der Waals surface area contributed by atoms with Crippen LogP contribution in [0.3, 0.4) is 0 Å². The van der Waals surface area contributed by atoms with Crippen molar-refractivity contribution in [1.29, 1.82) is 0 Å². The lowest BCUT2D eigenvalue weighted by molar-refractivity contribution is -0.137. The van der Waals surface area contributed by atoms with Crippen molar-refractivity contribution >= 4 is 17.5 Å². The Balaban J connectivity index is 2.00. The first-order chi connectivity index (χ1) is 10.7. The second kappa shape index (κ2) is 6.71. The number of fused-ring (bicyclic) bond motifs is 1. The second-order valence-corrected chi connectivity index (χ2v) is 7.28. The van der Waals surface area contributed by atoms with Crippen LogP contribution in [0.2, 0.25) is 0 Å². The van der Waals surface area contributed by atoms with Crippen molar-refractivity contribution in [2.24, 2.45) is 5.41 Å². The number of carbonyl (C=O) groups is 2. The Morgan fingerprint density at radius 3 is 2.70 bits per heavy atom. The Morgan fingerprint density at radius 2 is 2.04 bits per heavy atom. The van der Waals surface area contributed by atoms with Gasteiger partial charge in [0.1, 0.15) is 0 Å². The fraction of sp³-hybridized carbons (Fsp3) is 0.556. The first-order valence-electron chi connectivity index (χ1n) is 8.08. The number of hydrogen-bond donors (Lipinski definition) is 2. The molecule has 2 atom stereocenters. The van der Waals surface area contributed by atoms with Crippen molar-refractivity contribution in [1.82, 2.24) is 5.32 Å². The van der Waals surface area contributed by atoms with Gasteiger partial charge in [0.25, 0.3) is 0 Å². The average molecular weight is 318 g/mol. The molecule has 2 unspecified atom stereocenters. The highest BCUT2D eigenvalue weighted by Crippen LogP contribution is 2.35. The van der Waals surface area contributed by atoms with Crippen molar-refractivity contribution in [2.75, 3.05) is 18.0 Å². The minimum Gasteiger partial charge on any atom is -0.393 e. The van der Waals surface area contributed by atoms with Crippen LogP contribution in [0.4, 0.5) is 5.69 Å². The van der Waals surface area contributed by atoms with Gasteiger partial charge in [-0.05, 0) is 30.4 Å². The van der Waals surface area contributed by atoms with Gasteiger partial charge in [-0.1, -0.05) is 39.0 Å². The molecular formula is C18H26N2O3. The SMILES string of the molecule is CC(O)CC(C)(C)CNC(=O)C(=O)N1CC(C)c2ccccc21. The van der Waals surface area contributed by atoms with Gasteiger partial charge in [0.15, 0.2) is 0 Å². The summed E-state index contributed by atoms with van der Waals surface area (Å²) in [6.07, 6.45) is 0.120. The average Bonchev–Trinajstić information content (AvgIpc) is 2.80. The third kappa shape index (κ3) is 4.10. The Kier molecular flexibility index (Phi) is 5.09. The molecule has 2 N–H and O–H groups in total. The monoisotopic (exact) mass is 318 g/mol. The molecule has 1 aliphatic heterocycles. The van der Waals surface area contributed by atoms with E-state index in [1.807, 2.05) is 38.1 Å². The van der Waals surface area contributed by atoms with Gasteiger partial charge in [-0.25, -0.2) is 0 Å². The van der Waals surface area contributed by atoms with Crippen LogP contribution in [0.25, 0.3) is 0 Å². The molecule has 1 aliphatic rings. The number of para-hydroxylation sites is 1. The van der Waals surface area contributed by atoms with Gasteiger partial charge in [-0.3, -0.25) is 9.59 Å². The van der Waals surface area contributed by atoms with Crippen LogP contribution < -0.4 is 10.2 Å². The molecule has 0 bridgehead atoms. The highest BCUT2D eigenvalue weighted by molar-refractivity contribution is 6.40. The number of nitrogens with one attached hydrogen (secondary N) is 1. The summed E-state index contributed by atoms with van der Waals surface area (Å²) < 4.78 is 0. The third-order valence-electron chi connectivity index (χ3n) is 4.23. The van der Waals surface area contributed by atoms with Gasteiger partial charge >= 0.3 is 11.8 Å². The van der Waals surface area contributed by atoms with E-state index in [1.54, 1.807) is 11.8 Å². The molecule has 0 aromatic heterocycles. The van der Waals surface area contributed by atoms with E-state index >= 15 is 0 Å². The number of hydrogen-bond acceptors (Lipinski definition) is 3. The maximum absolute atomic E-state index is 12.5. The Labute approximate surface area is 137 Å². The van der Waals surface area contributed by atoms with Gasteiger partial charge in [0.2, 0.25) is 0 Å². The zero-order valence-electron chi connectivity index (χ0n) is 14.3. The van der Waals surface area contributed by atoms with Gasteiger partial charge in [-0.15, -0.1) is 0 Å². The summed E-state index contributed by atoms with van der Waals surface area (Å²) in [6.45, 7) is 8.57. The van der Waals surface area contributed by atoms with Crippen molar-refractivity contribution in [3.8, 4) is 0 Å². The summed E-state index contributed by atoms with van der Waals surface area (Å²) in [5, 5.41) is 12.2. The first kappa shape index (κ1) is 17.5. The maximum atomic E-state index is 12.5. The molecule has 0 radical (unpaired) electrons. The topological polar surface area (TPSA) is 69.6 Å². The summed E-state index contributed by atoms with van der Waals surface area (Å²) in [5.41, 5.74) is 1.66. The third-order valence-corrected chi connectivity index (χ3v) is 4.23. The van der Waals surface area contributed by atoms with Gasteiger partial charge < -0.3 is 15.3 Å². The normalized spacial score (nSPS) is 18.5. The second-order valence-electron chi connectivity index (χ2n) is 7.28.